The number of carbonyl (C=O) groups excluding carboxylic acids is 1. The third-order valence-corrected chi connectivity index (χ3v) is 6.78. The first-order chi connectivity index (χ1) is 15.2. The summed E-state index contributed by atoms with van der Waals surface area (Å²) in [6.45, 7) is 2.71. The van der Waals surface area contributed by atoms with Crippen molar-refractivity contribution >= 4 is 23.5 Å². The van der Waals surface area contributed by atoms with Crippen molar-refractivity contribution in [2.45, 2.75) is 31.1 Å². The van der Waals surface area contributed by atoms with E-state index in [9.17, 15) is 4.79 Å². The van der Waals surface area contributed by atoms with Crippen LogP contribution in [0.15, 0.2) is 54.6 Å². The van der Waals surface area contributed by atoms with E-state index in [1.807, 2.05) is 53.4 Å². The molecule has 1 aromatic heterocycles. The summed E-state index contributed by atoms with van der Waals surface area (Å²) in [7, 11) is 0. The minimum absolute atomic E-state index is 0.231. The number of carbonyl (C=O) groups is 1. The van der Waals surface area contributed by atoms with Crippen molar-refractivity contribution in [2.75, 3.05) is 31.1 Å². The number of hydrogen-bond acceptors (Lipinski definition) is 5. The number of amides is 1. The van der Waals surface area contributed by atoms with Gasteiger partial charge in [0.2, 0.25) is 11.9 Å². The van der Waals surface area contributed by atoms with Crippen LogP contribution < -0.4 is 4.90 Å². The molecule has 3 aromatic rings. The van der Waals surface area contributed by atoms with Crippen molar-refractivity contribution in [3.63, 3.8) is 0 Å². The molecule has 0 bridgehead atoms. The Morgan fingerprint density at radius 2 is 1.68 bits per heavy atom. The van der Waals surface area contributed by atoms with Crippen LogP contribution in [0, 0.1) is 0 Å². The summed E-state index contributed by atoms with van der Waals surface area (Å²) >= 11 is 6.26. The second-order valence-corrected chi connectivity index (χ2v) is 8.74. The predicted molar refractivity (Wildman–Crippen MR) is 120 cm³/mol. The quantitative estimate of drug-likeness (QED) is 0.626. The summed E-state index contributed by atoms with van der Waals surface area (Å²) in [6.07, 6.45) is 3.92. The molecule has 0 radical (unpaired) electrons. The predicted octanol–water partition coefficient (Wildman–Crippen LogP) is 3.48. The highest BCUT2D eigenvalue weighted by Gasteiger charge is 2.45. The molecule has 160 valence electrons. The first-order valence-electron chi connectivity index (χ1n) is 10.8. The lowest BCUT2D eigenvalue weighted by atomic mass is 9.77. The lowest BCUT2D eigenvalue weighted by molar-refractivity contribution is -0.137. The molecule has 0 atom stereocenters. The van der Waals surface area contributed by atoms with E-state index in [-0.39, 0.29) is 5.91 Å². The Labute approximate surface area is 186 Å². The second-order valence-electron chi connectivity index (χ2n) is 8.31. The molecule has 0 N–H and O–H groups in total. The van der Waals surface area contributed by atoms with Gasteiger partial charge in [-0.25, -0.2) is 0 Å². The molecule has 31 heavy (non-hydrogen) atoms. The normalized spacial score (nSPS) is 18.4. The van der Waals surface area contributed by atoms with E-state index >= 15 is 0 Å². The van der Waals surface area contributed by atoms with E-state index in [2.05, 4.69) is 26.5 Å². The lowest BCUT2D eigenvalue weighted by Crippen LogP contribution is -2.54. The zero-order valence-electron chi connectivity index (χ0n) is 17.3. The van der Waals surface area contributed by atoms with Gasteiger partial charge in [-0.2, -0.15) is 4.68 Å². The molecular weight excluding hydrogens is 412 g/mol. The van der Waals surface area contributed by atoms with E-state index in [0.717, 1.165) is 36.9 Å². The van der Waals surface area contributed by atoms with Gasteiger partial charge in [0, 0.05) is 31.2 Å². The van der Waals surface area contributed by atoms with Gasteiger partial charge < -0.3 is 9.80 Å². The molecule has 2 aliphatic rings. The zero-order valence-corrected chi connectivity index (χ0v) is 18.1. The van der Waals surface area contributed by atoms with Crippen LogP contribution in [0.5, 0.6) is 0 Å². The molecule has 1 saturated carbocycles. The number of halogens is 1. The van der Waals surface area contributed by atoms with Crippen LogP contribution in [0.4, 0.5) is 5.95 Å². The summed E-state index contributed by atoms with van der Waals surface area (Å²) in [6, 6.07) is 17.7. The maximum Gasteiger partial charge on any atom is 0.250 e. The van der Waals surface area contributed by atoms with E-state index in [0.29, 0.717) is 37.1 Å². The molecule has 2 aromatic carbocycles. The number of aromatic nitrogens is 4. The fourth-order valence-corrected chi connectivity index (χ4v) is 5.11. The summed E-state index contributed by atoms with van der Waals surface area (Å²) in [5, 5.41) is 13.0. The Balaban J connectivity index is 1.33. The number of anilines is 1. The molecule has 1 saturated heterocycles. The van der Waals surface area contributed by atoms with E-state index in [1.165, 1.54) is 0 Å². The van der Waals surface area contributed by atoms with Crippen molar-refractivity contribution in [1.29, 1.82) is 0 Å². The highest BCUT2D eigenvalue weighted by atomic mass is 35.5. The maximum absolute atomic E-state index is 13.7. The molecule has 2 fully saturated rings. The Hall–Kier alpha value is -2.93. The van der Waals surface area contributed by atoms with Crippen molar-refractivity contribution in [3.05, 3.63) is 65.2 Å². The molecule has 2 heterocycles. The number of nitrogens with zero attached hydrogens (tertiary/aromatic N) is 6. The van der Waals surface area contributed by atoms with E-state index in [4.69, 9.17) is 11.6 Å². The fraction of sp³-hybridized carbons (Fsp3) is 0.391. The molecule has 5 rings (SSSR count). The van der Waals surface area contributed by atoms with E-state index in [1.54, 1.807) is 4.68 Å². The highest BCUT2D eigenvalue weighted by Crippen LogP contribution is 2.43. The van der Waals surface area contributed by atoms with Gasteiger partial charge in [-0.1, -0.05) is 59.9 Å². The van der Waals surface area contributed by atoms with Crippen LogP contribution >= 0.6 is 11.6 Å². The Kier molecular flexibility index (Phi) is 5.36. The van der Waals surface area contributed by atoms with Crippen LogP contribution in [0.2, 0.25) is 5.02 Å². The van der Waals surface area contributed by atoms with Crippen molar-refractivity contribution < 1.29 is 4.79 Å². The Morgan fingerprint density at radius 3 is 2.39 bits per heavy atom. The fourth-order valence-electron chi connectivity index (χ4n) is 4.92. The molecule has 7 nitrogen and oxygen atoms in total. The third kappa shape index (κ3) is 3.67. The molecular formula is C23H25ClN6O. The van der Waals surface area contributed by atoms with Gasteiger partial charge in [0.1, 0.15) is 0 Å². The van der Waals surface area contributed by atoms with Crippen LogP contribution in [0.3, 0.4) is 0 Å². The first kappa shape index (κ1) is 20.0. The van der Waals surface area contributed by atoms with Crippen molar-refractivity contribution in [2.24, 2.45) is 0 Å². The molecule has 1 aliphatic heterocycles. The number of rotatable bonds is 4. The maximum atomic E-state index is 13.7. The van der Waals surface area contributed by atoms with Gasteiger partial charge in [-0.05, 0) is 53.1 Å². The van der Waals surface area contributed by atoms with Crippen LogP contribution in [-0.2, 0) is 10.2 Å². The average molecular weight is 437 g/mol. The third-order valence-electron chi connectivity index (χ3n) is 6.55. The number of benzene rings is 2. The van der Waals surface area contributed by atoms with Gasteiger partial charge >= 0.3 is 0 Å². The second kappa shape index (κ2) is 8.30. The number of tetrazole rings is 1. The summed E-state index contributed by atoms with van der Waals surface area (Å²) in [5.74, 6) is 0.943. The van der Waals surface area contributed by atoms with Crippen LogP contribution in [-0.4, -0.2) is 57.2 Å². The number of para-hydroxylation sites is 1. The van der Waals surface area contributed by atoms with Gasteiger partial charge in [-0.3, -0.25) is 4.79 Å². The minimum atomic E-state index is -0.446. The molecule has 8 heteroatoms. The monoisotopic (exact) mass is 436 g/mol. The number of hydrogen-bond donors (Lipinski definition) is 0. The van der Waals surface area contributed by atoms with Crippen molar-refractivity contribution in [1.82, 2.24) is 25.1 Å². The average Bonchev–Trinajstić information content (AvgIpc) is 3.50. The largest absolute Gasteiger partial charge is 0.338 e. The molecule has 1 aliphatic carbocycles. The highest BCUT2D eigenvalue weighted by molar-refractivity contribution is 6.30. The molecule has 0 spiro atoms. The Bertz CT molecular complexity index is 1050. The summed E-state index contributed by atoms with van der Waals surface area (Å²) in [5.41, 5.74) is 1.53. The lowest BCUT2D eigenvalue weighted by Gasteiger charge is -2.40. The van der Waals surface area contributed by atoms with Gasteiger partial charge in [0.15, 0.2) is 0 Å². The number of piperazine rings is 1. The van der Waals surface area contributed by atoms with Crippen LogP contribution in [0.25, 0.3) is 5.69 Å². The van der Waals surface area contributed by atoms with Gasteiger partial charge in [-0.15, -0.1) is 0 Å². The smallest absolute Gasteiger partial charge is 0.250 e. The SMILES string of the molecule is O=C(N1CCN(c2nnnn2-c2ccccc2)CC1)C1(c2cccc(Cl)c2)CCCC1. The van der Waals surface area contributed by atoms with Gasteiger partial charge in [0.05, 0.1) is 11.1 Å². The molecule has 1 amide bonds. The molecule has 0 unspecified atom stereocenters. The van der Waals surface area contributed by atoms with Gasteiger partial charge in [0.25, 0.3) is 0 Å². The topological polar surface area (TPSA) is 67.2 Å². The standard InChI is InChI=1S/C23H25ClN6O/c24-19-8-6-7-18(17-19)23(11-4-5-12-23)21(31)28-13-15-29(16-14-28)22-25-26-27-30(22)20-9-2-1-3-10-20/h1-3,6-10,17H,4-5,11-16H2. The van der Waals surface area contributed by atoms with E-state index < -0.39 is 5.41 Å². The summed E-state index contributed by atoms with van der Waals surface area (Å²) < 4.78 is 1.75. The Morgan fingerprint density at radius 1 is 0.935 bits per heavy atom. The van der Waals surface area contributed by atoms with Crippen LogP contribution in [0.1, 0.15) is 31.2 Å². The zero-order chi connectivity index (χ0) is 21.3. The van der Waals surface area contributed by atoms with Crippen molar-refractivity contribution in [3.8, 4) is 5.69 Å². The first-order valence-corrected chi connectivity index (χ1v) is 11.2. The summed E-state index contributed by atoms with van der Waals surface area (Å²) in [4.78, 5) is 17.9. The minimum Gasteiger partial charge on any atom is -0.338 e.